The van der Waals surface area contributed by atoms with Gasteiger partial charge in [-0.05, 0) is 34.2 Å². The maximum absolute atomic E-state index is 10.9. The Morgan fingerprint density at radius 1 is 1.56 bits per heavy atom. The van der Waals surface area contributed by atoms with Crippen molar-refractivity contribution in [3.05, 3.63) is 27.0 Å². The zero-order valence-electron chi connectivity index (χ0n) is 10.2. The van der Waals surface area contributed by atoms with E-state index in [4.69, 9.17) is 0 Å². The first-order valence-corrected chi connectivity index (χ1v) is 6.90. The van der Waals surface area contributed by atoms with Gasteiger partial charge < -0.3 is 5.32 Å². The van der Waals surface area contributed by atoms with E-state index >= 15 is 0 Å². The van der Waals surface area contributed by atoms with Crippen molar-refractivity contribution in [2.24, 2.45) is 11.8 Å². The molecule has 0 bridgehead atoms. The van der Waals surface area contributed by atoms with Crippen LogP contribution in [0.1, 0.15) is 26.2 Å². The average Bonchev–Trinajstić information content (AvgIpc) is 2.73. The highest BCUT2D eigenvalue weighted by atomic mass is 79.9. The number of rotatable bonds is 4. The van der Waals surface area contributed by atoms with Crippen molar-refractivity contribution in [1.29, 1.82) is 0 Å². The number of hydrogen-bond acceptors (Lipinski definition) is 4. The van der Waals surface area contributed by atoms with Gasteiger partial charge >= 0.3 is 5.69 Å². The third-order valence-electron chi connectivity index (χ3n) is 3.66. The molecule has 2 atom stereocenters. The molecule has 6 heteroatoms. The summed E-state index contributed by atoms with van der Waals surface area (Å²) in [6.45, 7) is 3.03. The van der Waals surface area contributed by atoms with Crippen LogP contribution in [-0.4, -0.2) is 16.5 Å². The fraction of sp³-hybridized carbons (Fsp3) is 0.583. The molecule has 18 heavy (non-hydrogen) atoms. The number of nitrogens with zero attached hydrogens (tertiary/aromatic N) is 2. The highest BCUT2D eigenvalue weighted by Crippen LogP contribution is 2.34. The summed E-state index contributed by atoms with van der Waals surface area (Å²) in [7, 11) is 0. The van der Waals surface area contributed by atoms with Crippen molar-refractivity contribution in [2.75, 3.05) is 11.9 Å². The Morgan fingerprint density at radius 2 is 2.33 bits per heavy atom. The van der Waals surface area contributed by atoms with Crippen LogP contribution in [0.3, 0.4) is 0 Å². The first kappa shape index (κ1) is 13.3. The molecule has 1 N–H and O–H groups in total. The van der Waals surface area contributed by atoms with Gasteiger partial charge in [0.2, 0.25) is 0 Å². The van der Waals surface area contributed by atoms with E-state index in [2.05, 4.69) is 33.2 Å². The van der Waals surface area contributed by atoms with Crippen molar-refractivity contribution in [1.82, 2.24) is 4.98 Å². The molecule has 2 rings (SSSR count). The highest BCUT2D eigenvalue weighted by molar-refractivity contribution is 9.10. The van der Waals surface area contributed by atoms with Gasteiger partial charge in [-0.1, -0.05) is 19.8 Å². The monoisotopic (exact) mass is 313 g/mol. The standard InChI is InChI=1S/C12H16BrN3O2/c1-8-3-2-4-9(8)5-15-12-10(13)6-14-7-11(12)16(17)18/h6-9H,2-5H2,1H3,(H,14,15). The molecule has 1 aromatic rings. The summed E-state index contributed by atoms with van der Waals surface area (Å²) < 4.78 is 0.641. The fourth-order valence-electron chi connectivity index (χ4n) is 2.50. The van der Waals surface area contributed by atoms with Crippen molar-refractivity contribution in [2.45, 2.75) is 26.2 Å². The van der Waals surface area contributed by atoms with E-state index in [1.165, 1.54) is 25.5 Å². The number of hydrogen-bond donors (Lipinski definition) is 1. The Hall–Kier alpha value is -1.17. The lowest BCUT2D eigenvalue weighted by Crippen LogP contribution is -2.17. The molecular weight excluding hydrogens is 298 g/mol. The van der Waals surface area contributed by atoms with Gasteiger partial charge in [-0.2, -0.15) is 0 Å². The minimum absolute atomic E-state index is 0.0232. The molecule has 5 nitrogen and oxygen atoms in total. The predicted molar refractivity (Wildman–Crippen MR) is 73.6 cm³/mol. The van der Waals surface area contributed by atoms with Gasteiger partial charge in [-0.25, -0.2) is 0 Å². The van der Waals surface area contributed by atoms with Crippen LogP contribution in [0.15, 0.2) is 16.9 Å². The summed E-state index contributed by atoms with van der Waals surface area (Å²) in [5.74, 6) is 1.29. The number of nitrogens with one attached hydrogen (secondary N) is 1. The second-order valence-corrected chi connectivity index (χ2v) is 5.68. The summed E-state index contributed by atoms with van der Waals surface area (Å²) in [5, 5.41) is 14.1. The van der Waals surface area contributed by atoms with Crippen molar-refractivity contribution >= 4 is 27.3 Å². The van der Waals surface area contributed by atoms with Gasteiger partial charge in [0.15, 0.2) is 0 Å². The molecule has 1 saturated carbocycles. The molecule has 0 radical (unpaired) electrons. The summed E-state index contributed by atoms with van der Waals surface area (Å²) in [6, 6.07) is 0. The first-order valence-electron chi connectivity index (χ1n) is 6.11. The van der Waals surface area contributed by atoms with Crippen LogP contribution < -0.4 is 5.32 Å². The molecule has 0 saturated heterocycles. The maximum Gasteiger partial charge on any atom is 0.311 e. The Morgan fingerprint density at radius 3 is 2.94 bits per heavy atom. The van der Waals surface area contributed by atoms with Crippen LogP contribution in [0, 0.1) is 22.0 Å². The number of anilines is 1. The van der Waals surface area contributed by atoms with E-state index < -0.39 is 4.92 Å². The van der Waals surface area contributed by atoms with Crippen LogP contribution in [0.5, 0.6) is 0 Å². The molecule has 1 fully saturated rings. The summed E-state index contributed by atoms with van der Waals surface area (Å²) in [5.41, 5.74) is 0.559. The third kappa shape index (κ3) is 2.80. The molecule has 1 aliphatic carbocycles. The van der Waals surface area contributed by atoms with E-state index in [0.717, 1.165) is 6.54 Å². The number of pyridine rings is 1. The third-order valence-corrected chi connectivity index (χ3v) is 4.26. The zero-order valence-corrected chi connectivity index (χ0v) is 11.8. The van der Waals surface area contributed by atoms with Crippen LogP contribution in [0.25, 0.3) is 0 Å². The summed E-state index contributed by atoms with van der Waals surface area (Å²) in [4.78, 5) is 14.4. The topological polar surface area (TPSA) is 68.1 Å². The number of halogens is 1. The Bertz CT molecular complexity index is 453. The molecule has 0 spiro atoms. The molecule has 0 aliphatic heterocycles. The Balaban J connectivity index is 2.11. The van der Waals surface area contributed by atoms with Crippen LogP contribution in [-0.2, 0) is 0 Å². The van der Waals surface area contributed by atoms with Gasteiger partial charge in [0.25, 0.3) is 0 Å². The normalized spacial score (nSPS) is 23.0. The SMILES string of the molecule is CC1CCCC1CNc1c(Br)cncc1[N+](=O)[O-]. The smallest absolute Gasteiger partial charge is 0.311 e. The molecule has 2 unspecified atom stereocenters. The predicted octanol–water partition coefficient (Wildman–Crippen LogP) is 3.60. The van der Waals surface area contributed by atoms with E-state index in [1.54, 1.807) is 6.20 Å². The molecule has 0 aromatic carbocycles. The first-order chi connectivity index (χ1) is 8.59. The Labute approximate surface area is 114 Å². The van der Waals surface area contributed by atoms with Crippen LogP contribution >= 0.6 is 15.9 Å². The lowest BCUT2D eigenvalue weighted by atomic mass is 9.98. The largest absolute Gasteiger partial charge is 0.378 e. The quantitative estimate of drug-likeness (QED) is 0.681. The number of nitro groups is 1. The zero-order chi connectivity index (χ0) is 13.1. The van der Waals surface area contributed by atoms with Crippen LogP contribution in [0.2, 0.25) is 0 Å². The number of aromatic nitrogens is 1. The Kier molecular flexibility index (Phi) is 4.16. The lowest BCUT2D eigenvalue weighted by Gasteiger charge is -2.17. The van der Waals surface area contributed by atoms with Crippen molar-refractivity contribution < 1.29 is 4.92 Å². The highest BCUT2D eigenvalue weighted by Gasteiger charge is 2.24. The molecule has 98 valence electrons. The molecule has 1 aliphatic rings. The van der Waals surface area contributed by atoms with Gasteiger partial charge in [-0.15, -0.1) is 0 Å². The molecule has 1 aromatic heterocycles. The van der Waals surface area contributed by atoms with Gasteiger partial charge in [0.1, 0.15) is 11.9 Å². The van der Waals surface area contributed by atoms with E-state index in [9.17, 15) is 10.1 Å². The molecule has 0 amide bonds. The second kappa shape index (κ2) is 5.65. The average molecular weight is 314 g/mol. The molecular formula is C12H16BrN3O2. The van der Waals surface area contributed by atoms with Crippen molar-refractivity contribution in [3.63, 3.8) is 0 Å². The summed E-state index contributed by atoms with van der Waals surface area (Å²) in [6.07, 6.45) is 6.57. The minimum Gasteiger partial charge on any atom is -0.378 e. The van der Waals surface area contributed by atoms with E-state index in [-0.39, 0.29) is 5.69 Å². The lowest BCUT2D eigenvalue weighted by molar-refractivity contribution is -0.384. The molecule has 1 heterocycles. The van der Waals surface area contributed by atoms with E-state index in [1.807, 2.05) is 0 Å². The van der Waals surface area contributed by atoms with Crippen LogP contribution in [0.4, 0.5) is 11.4 Å². The van der Waals surface area contributed by atoms with Gasteiger partial charge in [0, 0.05) is 12.7 Å². The second-order valence-electron chi connectivity index (χ2n) is 4.82. The van der Waals surface area contributed by atoms with Gasteiger partial charge in [-0.3, -0.25) is 15.1 Å². The minimum atomic E-state index is -0.405. The van der Waals surface area contributed by atoms with Crippen molar-refractivity contribution in [3.8, 4) is 0 Å². The van der Waals surface area contributed by atoms with Gasteiger partial charge in [0.05, 0.1) is 9.40 Å². The van der Waals surface area contributed by atoms with E-state index in [0.29, 0.717) is 22.0 Å². The summed E-state index contributed by atoms with van der Waals surface area (Å²) >= 11 is 3.31. The fourth-order valence-corrected chi connectivity index (χ4v) is 2.96. The maximum atomic E-state index is 10.9.